The molecule has 0 aromatic heterocycles. The van der Waals surface area contributed by atoms with Gasteiger partial charge in [-0.15, -0.1) is 0 Å². The summed E-state index contributed by atoms with van der Waals surface area (Å²) in [5.74, 6) is 0. The molecule has 0 aliphatic rings. The normalized spacial score (nSPS) is 13.5. The third-order valence-electron chi connectivity index (χ3n) is 0.857. The monoisotopic (exact) mass is 142 g/mol. The average Bonchev–Trinajstić information content (AvgIpc) is 1.81. The van der Waals surface area contributed by atoms with E-state index in [0.29, 0.717) is 0 Å². The highest BCUT2D eigenvalue weighted by atomic mass is 16.6. The fourth-order valence-corrected chi connectivity index (χ4v) is 0.266. The molecule has 0 aliphatic heterocycles. The molecule has 0 bridgehead atoms. The number of rotatable bonds is 2. The lowest BCUT2D eigenvalue weighted by Crippen LogP contribution is -2.16. The highest BCUT2D eigenvalue weighted by molar-refractivity contribution is 5.87. The minimum absolute atomic E-state index is 0.196. The standard InChI is InChI=1S/C8H16NO/c1-6-7(2)9-10-8(3,4)5/h2,6H2,1,3-5H3/b9-7+. The van der Waals surface area contributed by atoms with E-state index in [1.54, 1.807) is 0 Å². The number of hydrogen-bond acceptors (Lipinski definition) is 2. The number of oxime groups is 1. The fraction of sp³-hybridized carbons (Fsp3) is 0.750. The fourth-order valence-electron chi connectivity index (χ4n) is 0.266. The van der Waals surface area contributed by atoms with Crippen molar-refractivity contribution in [2.45, 2.75) is 39.7 Å². The molecule has 0 saturated carbocycles. The summed E-state index contributed by atoms with van der Waals surface area (Å²) < 4.78 is 0. The lowest BCUT2D eigenvalue weighted by atomic mass is 10.2. The van der Waals surface area contributed by atoms with Gasteiger partial charge in [-0.1, -0.05) is 12.1 Å². The van der Waals surface area contributed by atoms with Crippen molar-refractivity contribution in [3.63, 3.8) is 0 Å². The van der Waals surface area contributed by atoms with Gasteiger partial charge >= 0.3 is 0 Å². The minimum Gasteiger partial charge on any atom is -0.390 e. The van der Waals surface area contributed by atoms with E-state index < -0.39 is 0 Å². The molecule has 2 heteroatoms. The maximum absolute atomic E-state index is 5.11. The lowest BCUT2D eigenvalue weighted by Gasteiger charge is -2.15. The lowest BCUT2D eigenvalue weighted by molar-refractivity contribution is 0.000787. The van der Waals surface area contributed by atoms with Gasteiger partial charge < -0.3 is 4.84 Å². The highest BCUT2D eigenvalue weighted by Gasteiger charge is 2.09. The largest absolute Gasteiger partial charge is 0.390 e. The molecule has 2 nitrogen and oxygen atoms in total. The van der Waals surface area contributed by atoms with Gasteiger partial charge in [-0.2, -0.15) is 0 Å². The third-order valence-corrected chi connectivity index (χ3v) is 0.857. The molecular weight excluding hydrogens is 126 g/mol. The van der Waals surface area contributed by atoms with Gasteiger partial charge in [0.25, 0.3) is 0 Å². The first-order valence-electron chi connectivity index (χ1n) is 3.52. The van der Waals surface area contributed by atoms with Crippen molar-refractivity contribution in [1.29, 1.82) is 0 Å². The predicted molar refractivity (Wildman–Crippen MR) is 43.9 cm³/mol. The van der Waals surface area contributed by atoms with Crippen molar-refractivity contribution in [3.8, 4) is 0 Å². The topological polar surface area (TPSA) is 21.6 Å². The average molecular weight is 142 g/mol. The Morgan fingerprint density at radius 2 is 2.00 bits per heavy atom. The zero-order valence-electron chi connectivity index (χ0n) is 7.27. The number of hydrogen-bond donors (Lipinski definition) is 0. The summed E-state index contributed by atoms with van der Waals surface area (Å²) in [6.45, 7) is 11.6. The van der Waals surface area contributed by atoms with Crippen molar-refractivity contribution >= 4 is 5.71 Å². The molecular formula is C8H16NO. The Morgan fingerprint density at radius 1 is 1.50 bits per heavy atom. The third kappa shape index (κ3) is 5.60. The Hall–Kier alpha value is -0.530. The van der Waals surface area contributed by atoms with E-state index in [9.17, 15) is 0 Å². The summed E-state index contributed by atoms with van der Waals surface area (Å²) in [6.07, 6.45) is 0.843. The van der Waals surface area contributed by atoms with Crippen molar-refractivity contribution in [1.82, 2.24) is 0 Å². The Morgan fingerprint density at radius 3 is 2.30 bits per heavy atom. The molecule has 0 rings (SSSR count). The van der Waals surface area contributed by atoms with Crippen LogP contribution in [0.2, 0.25) is 0 Å². The van der Waals surface area contributed by atoms with E-state index in [2.05, 4.69) is 12.1 Å². The van der Waals surface area contributed by atoms with Crippen LogP contribution in [0, 0.1) is 6.92 Å². The molecule has 0 aromatic carbocycles. The molecule has 0 fully saturated rings. The van der Waals surface area contributed by atoms with Gasteiger partial charge in [-0.25, -0.2) is 0 Å². The van der Waals surface area contributed by atoms with Crippen LogP contribution in [-0.2, 0) is 4.84 Å². The quantitative estimate of drug-likeness (QED) is 0.428. The van der Waals surface area contributed by atoms with E-state index in [1.165, 1.54) is 0 Å². The highest BCUT2D eigenvalue weighted by Crippen LogP contribution is 2.06. The zero-order chi connectivity index (χ0) is 8.20. The van der Waals surface area contributed by atoms with Crippen LogP contribution in [0.4, 0.5) is 0 Å². The van der Waals surface area contributed by atoms with Gasteiger partial charge in [0.15, 0.2) is 0 Å². The molecule has 10 heavy (non-hydrogen) atoms. The van der Waals surface area contributed by atoms with E-state index in [4.69, 9.17) is 4.84 Å². The molecule has 0 atom stereocenters. The van der Waals surface area contributed by atoms with E-state index in [-0.39, 0.29) is 5.60 Å². The molecule has 1 radical (unpaired) electrons. The zero-order valence-corrected chi connectivity index (χ0v) is 7.27. The van der Waals surface area contributed by atoms with E-state index in [1.807, 2.05) is 27.7 Å². The number of nitrogens with zero attached hydrogens (tertiary/aromatic N) is 1. The first kappa shape index (κ1) is 9.47. The van der Waals surface area contributed by atoms with Crippen LogP contribution in [0.3, 0.4) is 0 Å². The van der Waals surface area contributed by atoms with Gasteiger partial charge in [-0.3, -0.25) is 0 Å². The Kier molecular flexibility index (Phi) is 3.40. The summed E-state index contributed by atoms with van der Waals surface area (Å²) in [6, 6.07) is 0. The molecule has 59 valence electrons. The van der Waals surface area contributed by atoms with Crippen LogP contribution in [0.1, 0.15) is 34.1 Å². The summed E-state index contributed by atoms with van der Waals surface area (Å²) >= 11 is 0. The van der Waals surface area contributed by atoms with E-state index in [0.717, 1.165) is 12.1 Å². The predicted octanol–water partition coefficient (Wildman–Crippen LogP) is 2.40. The van der Waals surface area contributed by atoms with Crippen LogP contribution in [-0.4, -0.2) is 11.3 Å². The molecule has 0 unspecified atom stereocenters. The smallest absolute Gasteiger partial charge is 0.129 e. The minimum atomic E-state index is -0.196. The van der Waals surface area contributed by atoms with Crippen LogP contribution in [0.5, 0.6) is 0 Å². The second-order valence-corrected chi connectivity index (χ2v) is 3.21. The van der Waals surface area contributed by atoms with Crippen molar-refractivity contribution in [2.75, 3.05) is 0 Å². The Balaban J connectivity index is 3.73. The molecule has 0 N–H and O–H groups in total. The molecule has 0 amide bonds. The van der Waals surface area contributed by atoms with Gasteiger partial charge in [-0.05, 0) is 34.1 Å². The van der Waals surface area contributed by atoms with Crippen LogP contribution >= 0.6 is 0 Å². The first-order valence-corrected chi connectivity index (χ1v) is 3.52. The van der Waals surface area contributed by atoms with Crippen LogP contribution in [0.25, 0.3) is 0 Å². The van der Waals surface area contributed by atoms with Gasteiger partial charge in [0, 0.05) is 0 Å². The summed E-state index contributed by atoms with van der Waals surface area (Å²) in [5.41, 5.74) is 0.591. The summed E-state index contributed by atoms with van der Waals surface area (Å²) in [4.78, 5) is 5.11. The van der Waals surface area contributed by atoms with Crippen molar-refractivity contribution < 1.29 is 4.84 Å². The molecule has 0 saturated heterocycles. The van der Waals surface area contributed by atoms with E-state index >= 15 is 0 Å². The molecule has 0 aromatic rings. The van der Waals surface area contributed by atoms with Gasteiger partial charge in [0.05, 0.1) is 5.71 Å². The second-order valence-electron chi connectivity index (χ2n) is 3.21. The molecule has 0 spiro atoms. The summed E-state index contributed by atoms with van der Waals surface area (Å²) in [7, 11) is 0. The Bertz CT molecular complexity index is 122. The maximum Gasteiger partial charge on any atom is 0.129 e. The van der Waals surface area contributed by atoms with Crippen LogP contribution < -0.4 is 0 Å². The van der Waals surface area contributed by atoms with Crippen LogP contribution in [0.15, 0.2) is 5.16 Å². The van der Waals surface area contributed by atoms with Crippen molar-refractivity contribution in [3.05, 3.63) is 6.92 Å². The SMILES string of the molecule is [CH2]/C(CC)=N\OC(C)(C)C. The van der Waals surface area contributed by atoms with Gasteiger partial charge in [0.2, 0.25) is 0 Å². The van der Waals surface area contributed by atoms with Crippen molar-refractivity contribution in [2.24, 2.45) is 5.16 Å². The Labute approximate surface area is 63.3 Å². The molecule has 0 heterocycles. The molecule has 0 aliphatic carbocycles. The van der Waals surface area contributed by atoms with Gasteiger partial charge in [0.1, 0.15) is 5.60 Å². The summed E-state index contributed by atoms with van der Waals surface area (Å²) in [5, 5.41) is 3.82. The first-order chi connectivity index (χ1) is 4.45. The maximum atomic E-state index is 5.11. The second kappa shape index (κ2) is 3.59.